The van der Waals surface area contributed by atoms with Crippen molar-refractivity contribution in [2.24, 2.45) is 0 Å². The molecule has 1 saturated heterocycles. The standard InChI is InChI=1S/C11H21NO4/c1-9-6-12(7-10(8-13)16-9)5-3-4-11(14)15-2/h9-10,13H,3-8H2,1-2H3. The van der Waals surface area contributed by atoms with Crippen LogP contribution in [0.5, 0.6) is 0 Å². The Morgan fingerprint density at radius 3 is 2.94 bits per heavy atom. The summed E-state index contributed by atoms with van der Waals surface area (Å²) in [6, 6.07) is 0. The van der Waals surface area contributed by atoms with Crippen LogP contribution >= 0.6 is 0 Å². The van der Waals surface area contributed by atoms with E-state index in [0.29, 0.717) is 6.42 Å². The molecule has 0 aromatic heterocycles. The normalized spacial score (nSPS) is 26.7. The molecule has 0 spiro atoms. The van der Waals surface area contributed by atoms with Gasteiger partial charge < -0.3 is 14.6 Å². The van der Waals surface area contributed by atoms with E-state index in [1.54, 1.807) is 0 Å². The molecule has 1 fully saturated rings. The highest BCUT2D eigenvalue weighted by Gasteiger charge is 2.24. The number of methoxy groups -OCH3 is 1. The summed E-state index contributed by atoms with van der Waals surface area (Å²) in [5, 5.41) is 9.05. The van der Waals surface area contributed by atoms with E-state index in [1.165, 1.54) is 7.11 Å². The molecule has 94 valence electrons. The van der Waals surface area contributed by atoms with Gasteiger partial charge in [0.1, 0.15) is 0 Å². The van der Waals surface area contributed by atoms with Gasteiger partial charge in [-0.25, -0.2) is 0 Å². The van der Waals surface area contributed by atoms with E-state index in [4.69, 9.17) is 9.84 Å². The topological polar surface area (TPSA) is 59.0 Å². The fourth-order valence-corrected chi connectivity index (χ4v) is 1.97. The number of hydrogen-bond acceptors (Lipinski definition) is 5. The fraction of sp³-hybridized carbons (Fsp3) is 0.909. The van der Waals surface area contributed by atoms with Crippen molar-refractivity contribution in [2.45, 2.75) is 32.0 Å². The van der Waals surface area contributed by atoms with Crippen LogP contribution in [0.25, 0.3) is 0 Å². The average Bonchev–Trinajstić information content (AvgIpc) is 2.28. The smallest absolute Gasteiger partial charge is 0.305 e. The van der Waals surface area contributed by atoms with Gasteiger partial charge in [-0.15, -0.1) is 0 Å². The number of nitrogens with zero attached hydrogens (tertiary/aromatic N) is 1. The van der Waals surface area contributed by atoms with Crippen LogP contribution in [0.1, 0.15) is 19.8 Å². The summed E-state index contributed by atoms with van der Waals surface area (Å²) >= 11 is 0. The number of carbonyl (C=O) groups is 1. The van der Waals surface area contributed by atoms with Gasteiger partial charge in [-0.1, -0.05) is 0 Å². The summed E-state index contributed by atoms with van der Waals surface area (Å²) in [6.45, 7) is 4.49. The summed E-state index contributed by atoms with van der Waals surface area (Å²) in [5.74, 6) is -0.167. The van der Waals surface area contributed by atoms with Crippen molar-refractivity contribution in [3.63, 3.8) is 0 Å². The second-order valence-electron chi connectivity index (χ2n) is 4.19. The van der Waals surface area contributed by atoms with Gasteiger partial charge in [0.05, 0.1) is 25.9 Å². The molecule has 0 saturated carbocycles. The molecule has 0 bridgehead atoms. The molecule has 1 aliphatic heterocycles. The van der Waals surface area contributed by atoms with Crippen LogP contribution in [0.15, 0.2) is 0 Å². The summed E-state index contributed by atoms with van der Waals surface area (Å²) in [4.78, 5) is 13.2. The van der Waals surface area contributed by atoms with Gasteiger partial charge in [-0.3, -0.25) is 9.69 Å². The minimum absolute atomic E-state index is 0.0534. The first-order valence-electron chi connectivity index (χ1n) is 5.71. The van der Waals surface area contributed by atoms with Crippen LogP contribution in [-0.4, -0.2) is 61.5 Å². The van der Waals surface area contributed by atoms with E-state index in [2.05, 4.69) is 9.64 Å². The Bertz CT molecular complexity index is 222. The number of aliphatic hydroxyl groups is 1. The Morgan fingerprint density at radius 1 is 1.56 bits per heavy atom. The first kappa shape index (κ1) is 13.4. The van der Waals surface area contributed by atoms with Crippen LogP contribution in [-0.2, 0) is 14.3 Å². The highest BCUT2D eigenvalue weighted by molar-refractivity contribution is 5.69. The van der Waals surface area contributed by atoms with Gasteiger partial charge in [0.15, 0.2) is 0 Å². The predicted octanol–water partition coefficient (Wildman–Crippen LogP) is 0.0212. The van der Waals surface area contributed by atoms with Gasteiger partial charge in [0, 0.05) is 19.5 Å². The number of carbonyl (C=O) groups excluding carboxylic acids is 1. The van der Waals surface area contributed by atoms with Crippen molar-refractivity contribution < 1.29 is 19.4 Å². The Hall–Kier alpha value is -0.650. The quantitative estimate of drug-likeness (QED) is 0.676. The molecule has 0 radical (unpaired) electrons. The minimum Gasteiger partial charge on any atom is -0.469 e. The molecule has 1 aliphatic rings. The zero-order chi connectivity index (χ0) is 12.0. The maximum atomic E-state index is 10.9. The summed E-state index contributed by atoms with van der Waals surface area (Å²) < 4.78 is 10.1. The molecule has 2 unspecified atom stereocenters. The maximum absolute atomic E-state index is 10.9. The monoisotopic (exact) mass is 231 g/mol. The zero-order valence-corrected chi connectivity index (χ0v) is 10.0. The second-order valence-corrected chi connectivity index (χ2v) is 4.19. The molecule has 1 rings (SSSR count). The van der Waals surface area contributed by atoms with E-state index in [9.17, 15) is 4.79 Å². The first-order chi connectivity index (χ1) is 7.65. The average molecular weight is 231 g/mol. The number of rotatable bonds is 5. The Balaban J connectivity index is 2.23. The van der Waals surface area contributed by atoms with Crippen LogP contribution in [0.4, 0.5) is 0 Å². The largest absolute Gasteiger partial charge is 0.469 e. The van der Waals surface area contributed by atoms with Gasteiger partial charge in [0.25, 0.3) is 0 Å². The molecule has 1 heterocycles. The molecule has 0 aromatic rings. The predicted molar refractivity (Wildman–Crippen MR) is 59.1 cm³/mol. The van der Waals surface area contributed by atoms with Crippen molar-refractivity contribution in [1.29, 1.82) is 0 Å². The van der Waals surface area contributed by atoms with Gasteiger partial charge in [0.2, 0.25) is 0 Å². The molecule has 1 N–H and O–H groups in total. The number of ether oxygens (including phenoxy) is 2. The lowest BCUT2D eigenvalue weighted by Gasteiger charge is -2.35. The minimum atomic E-state index is -0.167. The summed E-state index contributed by atoms with van der Waals surface area (Å²) in [7, 11) is 1.40. The van der Waals surface area contributed by atoms with E-state index in [-0.39, 0.29) is 24.8 Å². The highest BCUT2D eigenvalue weighted by Crippen LogP contribution is 2.11. The zero-order valence-electron chi connectivity index (χ0n) is 10.0. The van der Waals surface area contributed by atoms with Crippen molar-refractivity contribution in [1.82, 2.24) is 4.90 Å². The number of esters is 1. The van der Waals surface area contributed by atoms with Crippen molar-refractivity contribution in [2.75, 3.05) is 33.4 Å². The van der Waals surface area contributed by atoms with Gasteiger partial charge in [-0.2, -0.15) is 0 Å². The second kappa shape index (κ2) is 6.83. The van der Waals surface area contributed by atoms with E-state index in [1.807, 2.05) is 6.92 Å². The van der Waals surface area contributed by atoms with Crippen molar-refractivity contribution >= 4 is 5.97 Å². The van der Waals surface area contributed by atoms with Crippen LogP contribution < -0.4 is 0 Å². The van der Waals surface area contributed by atoms with E-state index >= 15 is 0 Å². The highest BCUT2D eigenvalue weighted by atomic mass is 16.5. The first-order valence-corrected chi connectivity index (χ1v) is 5.71. The van der Waals surface area contributed by atoms with Crippen LogP contribution in [0.2, 0.25) is 0 Å². The molecular weight excluding hydrogens is 210 g/mol. The SMILES string of the molecule is COC(=O)CCCN1CC(C)OC(CO)C1. The third kappa shape index (κ3) is 4.47. The number of morpholine rings is 1. The molecule has 0 aromatic carbocycles. The Labute approximate surface area is 96.3 Å². The molecule has 5 nitrogen and oxygen atoms in total. The van der Waals surface area contributed by atoms with Gasteiger partial charge >= 0.3 is 5.97 Å². The molecule has 16 heavy (non-hydrogen) atoms. The third-order valence-electron chi connectivity index (χ3n) is 2.69. The summed E-state index contributed by atoms with van der Waals surface area (Å²) in [5.41, 5.74) is 0. The van der Waals surface area contributed by atoms with Gasteiger partial charge in [-0.05, 0) is 19.9 Å². The fourth-order valence-electron chi connectivity index (χ4n) is 1.97. The molecule has 0 aliphatic carbocycles. The van der Waals surface area contributed by atoms with Crippen molar-refractivity contribution in [3.05, 3.63) is 0 Å². The molecular formula is C11H21NO4. The maximum Gasteiger partial charge on any atom is 0.305 e. The summed E-state index contributed by atoms with van der Waals surface area (Å²) in [6.07, 6.45) is 1.29. The lowest BCUT2D eigenvalue weighted by molar-refractivity contribution is -0.141. The Morgan fingerprint density at radius 2 is 2.31 bits per heavy atom. The molecule has 2 atom stereocenters. The van der Waals surface area contributed by atoms with Crippen molar-refractivity contribution in [3.8, 4) is 0 Å². The number of hydrogen-bond donors (Lipinski definition) is 1. The number of aliphatic hydroxyl groups excluding tert-OH is 1. The molecule has 0 amide bonds. The van der Waals surface area contributed by atoms with E-state index in [0.717, 1.165) is 26.1 Å². The van der Waals surface area contributed by atoms with E-state index < -0.39 is 0 Å². The Kier molecular flexibility index (Phi) is 5.73. The lowest BCUT2D eigenvalue weighted by Crippen LogP contribution is -2.48. The van der Waals surface area contributed by atoms with Crippen LogP contribution in [0, 0.1) is 0 Å². The molecule has 5 heteroatoms. The lowest BCUT2D eigenvalue weighted by atomic mass is 10.2. The third-order valence-corrected chi connectivity index (χ3v) is 2.69. The van der Waals surface area contributed by atoms with Crippen LogP contribution in [0.3, 0.4) is 0 Å².